The van der Waals surface area contributed by atoms with Crippen LogP contribution in [0, 0.1) is 5.92 Å². The number of rotatable bonds is 4. The largest absolute Gasteiger partial charge is 0.493 e. The first-order valence-electron chi connectivity index (χ1n) is 8.34. The molecule has 1 atom stereocenters. The lowest BCUT2D eigenvalue weighted by Crippen LogP contribution is -2.38. The minimum Gasteiger partial charge on any atom is -0.493 e. The molecule has 1 N–H and O–H groups in total. The Balaban J connectivity index is 1.57. The van der Waals surface area contributed by atoms with Crippen molar-refractivity contribution in [2.75, 3.05) is 6.61 Å². The predicted octanol–water partition coefficient (Wildman–Crippen LogP) is 4.46. The molecule has 2 aliphatic rings. The molecule has 1 fully saturated rings. The van der Waals surface area contributed by atoms with E-state index < -0.39 is 0 Å². The third-order valence-corrected chi connectivity index (χ3v) is 4.94. The maximum atomic E-state index is 5.75. The molecule has 1 aliphatic carbocycles. The molecule has 0 amide bonds. The van der Waals surface area contributed by atoms with Gasteiger partial charge in [0, 0.05) is 24.1 Å². The first-order valence-corrected chi connectivity index (χ1v) is 8.34. The van der Waals surface area contributed by atoms with E-state index in [1.807, 2.05) is 0 Å². The fourth-order valence-electron chi connectivity index (χ4n) is 3.83. The van der Waals surface area contributed by atoms with Crippen molar-refractivity contribution in [2.24, 2.45) is 5.92 Å². The Hall–Kier alpha value is -1.02. The smallest absolute Gasteiger partial charge is 0.124 e. The van der Waals surface area contributed by atoms with Gasteiger partial charge in [-0.05, 0) is 37.7 Å². The van der Waals surface area contributed by atoms with Crippen molar-refractivity contribution in [3.63, 3.8) is 0 Å². The fraction of sp³-hybridized carbons (Fsp3) is 0.667. The summed E-state index contributed by atoms with van der Waals surface area (Å²) in [5.41, 5.74) is 1.36. The van der Waals surface area contributed by atoms with E-state index in [9.17, 15) is 0 Å². The van der Waals surface area contributed by atoms with Crippen LogP contribution in [0.2, 0.25) is 0 Å². The lowest BCUT2D eigenvalue weighted by atomic mass is 9.83. The predicted molar refractivity (Wildman–Crippen MR) is 83.1 cm³/mol. The van der Waals surface area contributed by atoms with Gasteiger partial charge in [-0.2, -0.15) is 0 Å². The molecule has 0 saturated heterocycles. The zero-order valence-electron chi connectivity index (χ0n) is 12.6. The summed E-state index contributed by atoms with van der Waals surface area (Å²) in [5.74, 6) is 2.07. The van der Waals surface area contributed by atoms with Gasteiger partial charge < -0.3 is 10.1 Å². The number of ether oxygens (including phenoxy) is 1. The van der Waals surface area contributed by atoms with E-state index in [-0.39, 0.29) is 0 Å². The molecular formula is C18H27NO. The average Bonchev–Trinajstić information content (AvgIpc) is 2.50. The third kappa shape index (κ3) is 3.17. The van der Waals surface area contributed by atoms with Crippen molar-refractivity contribution in [1.29, 1.82) is 0 Å². The number of hydrogen-bond donors (Lipinski definition) is 1. The molecule has 1 unspecified atom stereocenters. The quantitative estimate of drug-likeness (QED) is 0.874. The topological polar surface area (TPSA) is 21.3 Å². The van der Waals surface area contributed by atoms with Gasteiger partial charge >= 0.3 is 0 Å². The summed E-state index contributed by atoms with van der Waals surface area (Å²) in [6.45, 7) is 3.16. The van der Waals surface area contributed by atoms with Crippen LogP contribution in [0.5, 0.6) is 5.75 Å². The van der Waals surface area contributed by atoms with Crippen LogP contribution in [0.15, 0.2) is 24.3 Å². The molecular weight excluding hydrogens is 246 g/mol. The second-order valence-electron chi connectivity index (χ2n) is 6.40. The summed E-state index contributed by atoms with van der Waals surface area (Å²) in [5, 5.41) is 3.90. The van der Waals surface area contributed by atoms with Gasteiger partial charge in [0.25, 0.3) is 0 Å². The summed E-state index contributed by atoms with van der Waals surface area (Å²) >= 11 is 0. The van der Waals surface area contributed by atoms with E-state index in [4.69, 9.17) is 4.74 Å². The van der Waals surface area contributed by atoms with Crippen LogP contribution in [-0.4, -0.2) is 12.6 Å². The summed E-state index contributed by atoms with van der Waals surface area (Å²) in [7, 11) is 0. The first-order chi connectivity index (χ1) is 9.86. The van der Waals surface area contributed by atoms with E-state index >= 15 is 0 Å². The zero-order chi connectivity index (χ0) is 13.8. The Kier molecular flexibility index (Phi) is 4.62. The van der Waals surface area contributed by atoms with Gasteiger partial charge in [-0.1, -0.05) is 38.0 Å². The SMILES string of the molecule is CCCC1CCC(NC2CCOc3ccccc32)CC1. The van der Waals surface area contributed by atoms with Crippen LogP contribution in [-0.2, 0) is 0 Å². The molecule has 2 heteroatoms. The van der Waals surface area contributed by atoms with Gasteiger partial charge in [0.05, 0.1) is 6.61 Å². The highest BCUT2D eigenvalue weighted by atomic mass is 16.5. The molecule has 20 heavy (non-hydrogen) atoms. The Bertz CT molecular complexity index is 423. The summed E-state index contributed by atoms with van der Waals surface area (Å²) in [6, 6.07) is 9.71. The van der Waals surface area contributed by atoms with Crippen molar-refractivity contribution in [1.82, 2.24) is 5.32 Å². The van der Waals surface area contributed by atoms with Gasteiger partial charge in [-0.25, -0.2) is 0 Å². The van der Waals surface area contributed by atoms with E-state index in [1.54, 1.807) is 0 Å². The Labute approximate surface area is 122 Å². The molecule has 1 aliphatic heterocycles. The molecule has 1 aromatic carbocycles. The molecule has 3 rings (SSSR count). The number of nitrogens with one attached hydrogen (secondary N) is 1. The Morgan fingerprint density at radius 2 is 1.90 bits per heavy atom. The number of fused-ring (bicyclic) bond motifs is 1. The number of para-hydroxylation sites is 1. The second-order valence-corrected chi connectivity index (χ2v) is 6.40. The van der Waals surface area contributed by atoms with Gasteiger partial charge in [0.15, 0.2) is 0 Å². The van der Waals surface area contributed by atoms with Crippen molar-refractivity contribution >= 4 is 0 Å². The van der Waals surface area contributed by atoms with Crippen LogP contribution < -0.4 is 10.1 Å². The highest BCUT2D eigenvalue weighted by Gasteiger charge is 2.26. The molecule has 110 valence electrons. The minimum atomic E-state index is 0.493. The molecule has 1 heterocycles. The van der Waals surface area contributed by atoms with Crippen LogP contribution in [0.25, 0.3) is 0 Å². The number of benzene rings is 1. The molecule has 0 radical (unpaired) electrons. The maximum Gasteiger partial charge on any atom is 0.124 e. The van der Waals surface area contributed by atoms with Crippen LogP contribution in [0.4, 0.5) is 0 Å². The molecule has 1 aromatic rings. The lowest BCUT2D eigenvalue weighted by molar-refractivity contribution is 0.217. The van der Waals surface area contributed by atoms with Gasteiger partial charge in [-0.15, -0.1) is 0 Å². The highest BCUT2D eigenvalue weighted by molar-refractivity contribution is 5.37. The highest BCUT2D eigenvalue weighted by Crippen LogP contribution is 2.34. The molecule has 2 nitrogen and oxygen atoms in total. The van der Waals surface area contributed by atoms with Crippen LogP contribution in [0.1, 0.15) is 63.5 Å². The molecule has 0 aromatic heterocycles. The molecule has 0 spiro atoms. The summed E-state index contributed by atoms with van der Waals surface area (Å²) < 4.78 is 5.75. The van der Waals surface area contributed by atoms with Gasteiger partial charge in [-0.3, -0.25) is 0 Å². The minimum absolute atomic E-state index is 0.493. The van der Waals surface area contributed by atoms with E-state index in [0.29, 0.717) is 12.1 Å². The average molecular weight is 273 g/mol. The van der Waals surface area contributed by atoms with E-state index in [2.05, 4.69) is 36.5 Å². The third-order valence-electron chi connectivity index (χ3n) is 4.94. The van der Waals surface area contributed by atoms with Crippen molar-refractivity contribution in [2.45, 2.75) is 64.0 Å². The standard InChI is InChI=1S/C18H27NO/c1-2-5-14-8-10-15(11-9-14)19-17-12-13-20-18-7-4-3-6-16(17)18/h3-4,6-7,14-15,17,19H,2,5,8-13H2,1H3. The zero-order valence-corrected chi connectivity index (χ0v) is 12.6. The van der Waals surface area contributed by atoms with Crippen molar-refractivity contribution in [3.8, 4) is 5.75 Å². The van der Waals surface area contributed by atoms with Gasteiger partial charge in [0.2, 0.25) is 0 Å². The normalized spacial score (nSPS) is 29.6. The fourth-order valence-corrected chi connectivity index (χ4v) is 3.83. The van der Waals surface area contributed by atoms with E-state index in [1.165, 1.54) is 44.1 Å². The molecule has 0 bridgehead atoms. The van der Waals surface area contributed by atoms with Crippen molar-refractivity contribution in [3.05, 3.63) is 29.8 Å². The van der Waals surface area contributed by atoms with Crippen LogP contribution in [0.3, 0.4) is 0 Å². The monoisotopic (exact) mass is 273 g/mol. The second kappa shape index (κ2) is 6.62. The maximum absolute atomic E-state index is 5.75. The van der Waals surface area contributed by atoms with E-state index in [0.717, 1.165) is 24.7 Å². The first kappa shape index (κ1) is 13.9. The number of hydrogen-bond acceptors (Lipinski definition) is 2. The molecule has 1 saturated carbocycles. The van der Waals surface area contributed by atoms with Crippen LogP contribution >= 0.6 is 0 Å². The Morgan fingerprint density at radius 3 is 2.70 bits per heavy atom. The summed E-state index contributed by atoms with van der Waals surface area (Å²) in [4.78, 5) is 0. The summed E-state index contributed by atoms with van der Waals surface area (Å²) in [6.07, 6.45) is 9.40. The van der Waals surface area contributed by atoms with Crippen molar-refractivity contribution < 1.29 is 4.74 Å². The lowest BCUT2D eigenvalue weighted by Gasteiger charge is -2.34. The van der Waals surface area contributed by atoms with Gasteiger partial charge in [0.1, 0.15) is 5.75 Å². The Morgan fingerprint density at radius 1 is 1.10 bits per heavy atom.